The number of hydrogen-bond donors (Lipinski definition) is 2. The average Bonchev–Trinajstić information content (AvgIpc) is 2.68. The van der Waals surface area contributed by atoms with Crippen molar-refractivity contribution >= 4 is 11.6 Å². The van der Waals surface area contributed by atoms with Crippen LogP contribution in [-0.2, 0) is 0 Å². The molecule has 1 aromatic rings. The molecule has 6 nitrogen and oxygen atoms in total. The van der Waals surface area contributed by atoms with Crippen LogP contribution in [0.1, 0.15) is 31.7 Å². The predicted molar refractivity (Wildman–Crippen MR) is 80.8 cm³/mol. The lowest BCUT2D eigenvalue weighted by atomic mass is 10.0. The fraction of sp³-hybridized carbons (Fsp3) is 0.714. The quantitative estimate of drug-likeness (QED) is 0.844. The number of anilines is 2. The second kappa shape index (κ2) is 5.93. The van der Waals surface area contributed by atoms with E-state index in [1.807, 2.05) is 14.1 Å². The molecule has 0 saturated carbocycles. The minimum Gasteiger partial charge on any atom is -0.391 e. The molecule has 1 aliphatic rings. The molecule has 1 aromatic heterocycles. The van der Waals surface area contributed by atoms with Crippen molar-refractivity contribution in [2.24, 2.45) is 0 Å². The number of nitrogens with zero attached hydrogens (tertiary/aromatic N) is 4. The number of aliphatic hydroxyl groups excluding tert-OH is 1. The number of likely N-dealkylation sites (N-methyl/N-ethyl adjacent to an activating group) is 1. The fourth-order valence-corrected chi connectivity index (χ4v) is 2.93. The highest BCUT2D eigenvalue weighted by atomic mass is 16.3. The Hall–Kier alpha value is -1.40. The van der Waals surface area contributed by atoms with Crippen molar-refractivity contribution in [2.45, 2.75) is 38.3 Å². The largest absolute Gasteiger partial charge is 0.391 e. The first kappa shape index (κ1) is 15.0. The molecular formula is C14H25N5O. The molecule has 20 heavy (non-hydrogen) atoms. The van der Waals surface area contributed by atoms with E-state index < -0.39 is 0 Å². The van der Waals surface area contributed by atoms with E-state index in [0.717, 1.165) is 24.3 Å². The summed E-state index contributed by atoms with van der Waals surface area (Å²) in [6.45, 7) is 5.67. The normalized spacial score (nSPS) is 23.1. The van der Waals surface area contributed by atoms with Gasteiger partial charge in [0.2, 0.25) is 0 Å². The monoisotopic (exact) mass is 279 g/mol. The molecule has 6 heteroatoms. The van der Waals surface area contributed by atoms with Gasteiger partial charge in [-0.25, -0.2) is 9.97 Å². The standard InChI is InChI=1S/C14H25N5O/c1-9(2)12-13(15)16-8-17-14(12)19-7-11(20)5-10(19)6-18(3)4/h8-11,20H,5-7H2,1-4H3,(H2,15,16,17). The maximum Gasteiger partial charge on any atom is 0.137 e. The molecule has 2 heterocycles. The van der Waals surface area contributed by atoms with E-state index in [4.69, 9.17) is 5.73 Å². The van der Waals surface area contributed by atoms with Crippen LogP contribution >= 0.6 is 0 Å². The molecule has 3 N–H and O–H groups in total. The van der Waals surface area contributed by atoms with Crippen LogP contribution in [0, 0.1) is 0 Å². The lowest BCUT2D eigenvalue weighted by molar-refractivity contribution is 0.191. The summed E-state index contributed by atoms with van der Waals surface area (Å²) in [4.78, 5) is 12.9. The minimum absolute atomic E-state index is 0.254. The summed E-state index contributed by atoms with van der Waals surface area (Å²) >= 11 is 0. The molecule has 2 atom stereocenters. The van der Waals surface area contributed by atoms with Crippen LogP contribution in [-0.4, -0.2) is 59.3 Å². The maximum atomic E-state index is 10.0. The van der Waals surface area contributed by atoms with Gasteiger partial charge in [-0.15, -0.1) is 0 Å². The van der Waals surface area contributed by atoms with Gasteiger partial charge in [0.15, 0.2) is 0 Å². The van der Waals surface area contributed by atoms with E-state index >= 15 is 0 Å². The Morgan fingerprint density at radius 3 is 2.75 bits per heavy atom. The molecule has 0 radical (unpaired) electrons. The second-order valence-corrected chi connectivity index (χ2v) is 6.11. The number of rotatable bonds is 4. The highest BCUT2D eigenvalue weighted by Gasteiger charge is 2.34. The van der Waals surface area contributed by atoms with Gasteiger partial charge in [0.05, 0.1) is 6.10 Å². The van der Waals surface area contributed by atoms with Crippen LogP contribution < -0.4 is 10.6 Å². The van der Waals surface area contributed by atoms with Gasteiger partial charge in [-0.1, -0.05) is 13.8 Å². The van der Waals surface area contributed by atoms with E-state index in [1.165, 1.54) is 6.33 Å². The molecule has 1 saturated heterocycles. The summed E-state index contributed by atoms with van der Waals surface area (Å²) < 4.78 is 0. The molecule has 1 fully saturated rings. The molecule has 2 rings (SSSR count). The van der Waals surface area contributed by atoms with Gasteiger partial charge in [0.1, 0.15) is 18.0 Å². The van der Waals surface area contributed by atoms with Gasteiger partial charge >= 0.3 is 0 Å². The van der Waals surface area contributed by atoms with Crippen molar-refractivity contribution in [2.75, 3.05) is 37.8 Å². The van der Waals surface area contributed by atoms with Crippen LogP contribution in [0.2, 0.25) is 0 Å². The molecule has 0 amide bonds. The molecule has 0 bridgehead atoms. The highest BCUT2D eigenvalue weighted by Crippen LogP contribution is 2.33. The zero-order chi connectivity index (χ0) is 14.9. The second-order valence-electron chi connectivity index (χ2n) is 6.11. The highest BCUT2D eigenvalue weighted by molar-refractivity contribution is 5.59. The number of nitrogens with two attached hydrogens (primary N) is 1. The third-order valence-corrected chi connectivity index (χ3v) is 3.71. The molecule has 1 aliphatic heterocycles. The summed E-state index contributed by atoms with van der Waals surface area (Å²) in [7, 11) is 4.08. The summed E-state index contributed by atoms with van der Waals surface area (Å²) in [5, 5.41) is 10.0. The first-order valence-electron chi connectivity index (χ1n) is 7.10. The first-order valence-corrected chi connectivity index (χ1v) is 7.10. The zero-order valence-electron chi connectivity index (χ0n) is 12.7. The Morgan fingerprint density at radius 2 is 2.15 bits per heavy atom. The van der Waals surface area contributed by atoms with E-state index in [0.29, 0.717) is 12.4 Å². The Kier molecular flexibility index (Phi) is 4.45. The van der Waals surface area contributed by atoms with Crippen molar-refractivity contribution in [3.8, 4) is 0 Å². The van der Waals surface area contributed by atoms with Crippen LogP contribution in [0.5, 0.6) is 0 Å². The summed E-state index contributed by atoms with van der Waals surface area (Å²) in [5.74, 6) is 1.66. The lowest BCUT2D eigenvalue weighted by Crippen LogP contribution is -2.38. The van der Waals surface area contributed by atoms with Crippen LogP contribution in [0.15, 0.2) is 6.33 Å². The zero-order valence-corrected chi connectivity index (χ0v) is 12.7. The number of aromatic nitrogens is 2. The van der Waals surface area contributed by atoms with Crippen molar-refractivity contribution in [3.05, 3.63) is 11.9 Å². The van der Waals surface area contributed by atoms with Gasteiger partial charge in [-0.2, -0.15) is 0 Å². The van der Waals surface area contributed by atoms with Gasteiger partial charge in [-0.05, 0) is 26.4 Å². The topological polar surface area (TPSA) is 78.5 Å². The van der Waals surface area contributed by atoms with Gasteiger partial charge < -0.3 is 20.6 Å². The summed E-state index contributed by atoms with van der Waals surface area (Å²) in [6, 6.07) is 0.256. The van der Waals surface area contributed by atoms with Crippen molar-refractivity contribution in [3.63, 3.8) is 0 Å². The Labute approximate surface area is 120 Å². The van der Waals surface area contributed by atoms with Crippen molar-refractivity contribution in [1.29, 1.82) is 0 Å². The number of β-amino-alcohol motifs (C(OH)–C–C–N with tert-alkyl or cyclic N) is 1. The van der Waals surface area contributed by atoms with E-state index in [9.17, 15) is 5.11 Å². The third-order valence-electron chi connectivity index (χ3n) is 3.71. The van der Waals surface area contributed by atoms with E-state index in [1.54, 1.807) is 0 Å². The Balaban J connectivity index is 2.36. The average molecular weight is 279 g/mol. The maximum absolute atomic E-state index is 10.0. The number of hydrogen-bond acceptors (Lipinski definition) is 6. The van der Waals surface area contributed by atoms with Crippen molar-refractivity contribution in [1.82, 2.24) is 14.9 Å². The number of aliphatic hydroxyl groups is 1. The third kappa shape index (κ3) is 3.02. The van der Waals surface area contributed by atoms with Gasteiger partial charge in [0, 0.05) is 24.7 Å². The van der Waals surface area contributed by atoms with Crippen LogP contribution in [0.3, 0.4) is 0 Å². The van der Waals surface area contributed by atoms with E-state index in [2.05, 4.69) is 33.6 Å². The molecule has 112 valence electrons. The van der Waals surface area contributed by atoms with Crippen LogP contribution in [0.25, 0.3) is 0 Å². The minimum atomic E-state index is -0.309. The van der Waals surface area contributed by atoms with Crippen molar-refractivity contribution < 1.29 is 5.11 Å². The SMILES string of the molecule is CC(C)c1c(N)ncnc1N1CC(O)CC1CN(C)C. The molecule has 0 aromatic carbocycles. The molecule has 0 spiro atoms. The molecule has 0 aliphatic carbocycles. The smallest absolute Gasteiger partial charge is 0.137 e. The van der Waals surface area contributed by atoms with E-state index in [-0.39, 0.29) is 18.1 Å². The summed E-state index contributed by atoms with van der Waals surface area (Å²) in [6.07, 6.45) is 1.96. The molecular weight excluding hydrogens is 254 g/mol. The van der Waals surface area contributed by atoms with Gasteiger partial charge in [-0.3, -0.25) is 0 Å². The molecule has 2 unspecified atom stereocenters. The Bertz CT molecular complexity index is 463. The van der Waals surface area contributed by atoms with Gasteiger partial charge in [0.25, 0.3) is 0 Å². The van der Waals surface area contributed by atoms with Crippen LogP contribution in [0.4, 0.5) is 11.6 Å². The fourth-order valence-electron chi connectivity index (χ4n) is 2.93. The first-order chi connectivity index (χ1) is 9.40. The summed E-state index contributed by atoms with van der Waals surface area (Å²) in [5.41, 5.74) is 7.00. The predicted octanol–water partition coefficient (Wildman–Crippen LogP) is 0.683. The number of nitrogen functional groups attached to an aromatic ring is 1. The Morgan fingerprint density at radius 1 is 1.45 bits per heavy atom. The lowest BCUT2D eigenvalue weighted by Gasteiger charge is -2.30.